The highest BCUT2D eigenvalue weighted by atomic mass is 32.1. The van der Waals surface area contributed by atoms with E-state index in [2.05, 4.69) is 5.32 Å². The predicted octanol–water partition coefficient (Wildman–Crippen LogP) is 4.49. The Labute approximate surface area is 175 Å². The number of likely N-dealkylation sites (N-methyl/N-ethyl adjacent to an activating group) is 1. The number of thiazole rings is 1. The first-order chi connectivity index (χ1) is 14.1. The molecule has 0 unspecified atom stereocenters. The lowest BCUT2D eigenvalue weighted by Crippen LogP contribution is -2.43. The number of rotatable bonds is 8. The van der Waals surface area contributed by atoms with Gasteiger partial charge >= 0.3 is 0 Å². The molecule has 3 rings (SSSR count). The Kier molecular flexibility index (Phi) is 6.72. The SMILES string of the molecule is CCNC(=O)[C@@H](C)N(c1nc(-c2ccc(OC)cc2)cs1)c1ccccc1OC. The van der Waals surface area contributed by atoms with Crippen LogP contribution in [0.5, 0.6) is 11.5 Å². The number of aromatic nitrogens is 1. The topological polar surface area (TPSA) is 63.7 Å². The molecule has 0 saturated carbocycles. The quantitative estimate of drug-likeness (QED) is 0.592. The third-order valence-corrected chi connectivity index (χ3v) is 5.39. The normalized spacial score (nSPS) is 11.6. The number of benzene rings is 2. The van der Waals surface area contributed by atoms with Crippen LogP contribution < -0.4 is 19.7 Å². The van der Waals surface area contributed by atoms with Crippen LogP contribution in [-0.4, -0.2) is 37.7 Å². The number of methoxy groups -OCH3 is 2. The number of amides is 1. The van der Waals surface area contributed by atoms with Crippen LogP contribution in [0, 0.1) is 0 Å². The molecule has 0 saturated heterocycles. The van der Waals surface area contributed by atoms with Gasteiger partial charge in [0.05, 0.1) is 25.6 Å². The number of para-hydroxylation sites is 2. The number of carbonyl (C=O) groups excluding carboxylic acids is 1. The van der Waals surface area contributed by atoms with Gasteiger partial charge in [0.2, 0.25) is 5.91 Å². The van der Waals surface area contributed by atoms with E-state index in [4.69, 9.17) is 14.5 Å². The molecule has 0 fully saturated rings. The maximum atomic E-state index is 12.6. The summed E-state index contributed by atoms with van der Waals surface area (Å²) in [5.41, 5.74) is 2.62. The molecule has 0 aliphatic rings. The number of ether oxygens (including phenoxy) is 2. The highest BCUT2D eigenvalue weighted by molar-refractivity contribution is 7.14. The van der Waals surface area contributed by atoms with Crippen molar-refractivity contribution in [3.05, 3.63) is 53.9 Å². The Bertz CT molecular complexity index is 956. The number of nitrogens with zero attached hydrogens (tertiary/aromatic N) is 2. The Morgan fingerprint density at radius 2 is 1.86 bits per heavy atom. The highest BCUT2D eigenvalue weighted by Crippen LogP contribution is 2.38. The number of hydrogen-bond donors (Lipinski definition) is 1. The smallest absolute Gasteiger partial charge is 0.242 e. The summed E-state index contributed by atoms with van der Waals surface area (Å²) in [6.07, 6.45) is 0. The summed E-state index contributed by atoms with van der Waals surface area (Å²) < 4.78 is 10.8. The van der Waals surface area contributed by atoms with Crippen LogP contribution in [0.25, 0.3) is 11.3 Å². The van der Waals surface area contributed by atoms with Crippen LogP contribution in [0.2, 0.25) is 0 Å². The molecule has 3 aromatic rings. The molecule has 1 amide bonds. The molecule has 0 aliphatic carbocycles. The molecule has 1 aromatic heterocycles. The monoisotopic (exact) mass is 411 g/mol. The van der Waals surface area contributed by atoms with Crippen molar-refractivity contribution < 1.29 is 14.3 Å². The van der Waals surface area contributed by atoms with Crippen LogP contribution in [-0.2, 0) is 4.79 Å². The second-order valence-electron chi connectivity index (χ2n) is 6.36. The maximum absolute atomic E-state index is 12.6. The van der Waals surface area contributed by atoms with Gasteiger partial charge in [0.25, 0.3) is 0 Å². The van der Waals surface area contributed by atoms with E-state index in [-0.39, 0.29) is 5.91 Å². The summed E-state index contributed by atoms with van der Waals surface area (Å²) in [5, 5.41) is 5.61. The van der Waals surface area contributed by atoms with Gasteiger partial charge < -0.3 is 19.7 Å². The summed E-state index contributed by atoms with van der Waals surface area (Å²) in [4.78, 5) is 19.4. The van der Waals surface area contributed by atoms with Crippen molar-refractivity contribution in [2.24, 2.45) is 0 Å². The zero-order chi connectivity index (χ0) is 20.8. The standard InChI is InChI=1S/C22H25N3O3S/c1-5-23-21(26)15(2)25(19-8-6-7-9-20(19)28-4)22-24-18(14-29-22)16-10-12-17(27-3)13-11-16/h6-15H,5H2,1-4H3,(H,23,26)/t15-/m1/s1. The summed E-state index contributed by atoms with van der Waals surface area (Å²) in [6, 6.07) is 14.9. The largest absolute Gasteiger partial charge is 0.497 e. The van der Waals surface area contributed by atoms with Gasteiger partial charge in [-0.2, -0.15) is 0 Å². The van der Waals surface area contributed by atoms with Crippen molar-refractivity contribution in [1.29, 1.82) is 0 Å². The van der Waals surface area contributed by atoms with E-state index in [0.717, 1.165) is 27.8 Å². The van der Waals surface area contributed by atoms with Gasteiger partial charge in [-0.05, 0) is 50.2 Å². The number of anilines is 2. The van der Waals surface area contributed by atoms with Crippen LogP contribution in [0.3, 0.4) is 0 Å². The fourth-order valence-electron chi connectivity index (χ4n) is 3.01. The Morgan fingerprint density at radius 1 is 1.14 bits per heavy atom. The fraction of sp³-hybridized carbons (Fsp3) is 0.273. The van der Waals surface area contributed by atoms with E-state index in [0.29, 0.717) is 12.3 Å². The summed E-state index contributed by atoms with van der Waals surface area (Å²) in [7, 11) is 3.27. The fourth-order valence-corrected chi connectivity index (χ4v) is 3.94. The van der Waals surface area contributed by atoms with E-state index < -0.39 is 6.04 Å². The lowest BCUT2D eigenvalue weighted by Gasteiger charge is -2.29. The molecular weight excluding hydrogens is 386 g/mol. The van der Waals surface area contributed by atoms with E-state index in [1.807, 2.05) is 72.7 Å². The van der Waals surface area contributed by atoms with Crippen molar-refractivity contribution in [2.75, 3.05) is 25.7 Å². The number of nitrogens with one attached hydrogen (secondary N) is 1. The van der Waals surface area contributed by atoms with Crippen molar-refractivity contribution in [1.82, 2.24) is 10.3 Å². The van der Waals surface area contributed by atoms with Gasteiger partial charge in [-0.1, -0.05) is 12.1 Å². The first-order valence-corrected chi connectivity index (χ1v) is 10.3. The molecule has 1 N–H and O–H groups in total. The van der Waals surface area contributed by atoms with Gasteiger partial charge in [-0.3, -0.25) is 4.79 Å². The molecule has 7 heteroatoms. The molecule has 2 aromatic carbocycles. The van der Waals surface area contributed by atoms with Crippen LogP contribution in [0.1, 0.15) is 13.8 Å². The molecule has 6 nitrogen and oxygen atoms in total. The second kappa shape index (κ2) is 9.43. The van der Waals surface area contributed by atoms with E-state index in [1.165, 1.54) is 11.3 Å². The van der Waals surface area contributed by atoms with Gasteiger partial charge in [0.15, 0.2) is 5.13 Å². The summed E-state index contributed by atoms with van der Waals surface area (Å²) in [5.74, 6) is 1.41. The van der Waals surface area contributed by atoms with E-state index >= 15 is 0 Å². The zero-order valence-electron chi connectivity index (χ0n) is 17.0. The summed E-state index contributed by atoms with van der Waals surface area (Å²) in [6.45, 7) is 4.34. The Hall–Kier alpha value is -3.06. The lowest BCUT2D eigenvalue weighted by atomic mass is 10.2. The molecule has 0 radical (unpaired) electrons. The van der Waals surface area contributed by atoms with Crippen LogP contribution in [0.15, 0.2) is 53.9 Å². The predicted molar refractivity (Wildman–Crippen MR) is 117 cm³/mol. The minimum Gasteiger partial charge on any atom is -0.497 e. The average Bonchev–Trinajstić information content (AvgIpc) is 3.24. The van der Waals surface area contributed by atoms with Gasteiger partial charge in [0, 0.05) is 17.5 Å². The Morgan fingerprint density at radius 3 is 2.52 bits per heavy atom. The molecule has 1 heterocycles. The third-order valence-electron chi connectivity index (χ3n) is 4.55. The van der Waals surface area contributed by atoms with E-state index in [1.54, 1.807) is 14.2 Å². The number of hydrogen-bond acceptors (Lipinski definition) is 6. The first-order valence-electron chi connectivity index (χ1n) is 9.39. The molecular formula is C22H25N3O3S. The molecule has 29 heavy (non-hydrogen) atoms. The van der Waals surface area contributed by atoms with E-state index in [9.17, 15) is 4.79 Å². The molecule has 0 aliphatic heterocycles. The molecule has 152 valence electrons. The number of carbonyl (C=O) groups is 1. The van der Waals surface area contributed by atoms with Crippen molar-refractivity contribution in [3.8, 4) is 22.8 Å². The minimum atomic E-state index is -0.457. The highest BCUT2D eigenvalue weighted by Gasteiger charge is 2.27. The molecule has 0 spiro atoms. The van der Waals surface area contributed by atoms with Gasteiger partial charge in [0.1, 0.15) is 17.5 Å². The van der Waals surface area contributed by atoms with Gasteiger partial charge in [-0.25, -0.2) is 4.98 Å². The molecule has 0 bridgehead atoms. The Balaban J connectivity index is 2.02. The maximum Gasteiger partial charge on any atom is 0.242 e. The van der Waals surface area contributed by atoms with Crippen molar-refractivity contribution in [3.63, 3.8) is 0 Å². The summed E-state index contributed by atoms with van der Waals surface area (Å²) >= 11 is 1.49. The lowest BCUT2D eigenvalue weighted by molar-refractivity contribution is -0.121. The van der Waals surface area contributed by atoms with Gasteiger partial charge in [-0.15, -0.1) is 11.3 Å². The first kappa shape index (κ1) is 20.7. The van der Waals surface area contributed by atoms with Crippen LogP contribution in [0.4, 0.5) is 10.8 Å². The second-order valence-corrected chi connectivity index (χ2v) is 7.19. The van der Waals surface area contributed by atoms with Crippen molar-refractivity contribution in [2.45, 2.75) is 19.9 Å². The average molecular weight is 412 g/mol. The van der Waals surface area contributed by atoms with Crippen molar-refractivity contribution >= 4 is 28.1 Å². The molecule has 1 atom stereocenters. The van der Waals surface area contributed by atoms with Crippen LogP contribution >= 0.6 is 11.3 Å². The zero-order valence-corrected chi connectivity index (χ0v) is 17.8. The minimum absolute atomic E-state index is 0.0698. The third kappa shape index (κ3) is 4.51.